The first kappa shape index (κ1) is 28.3. The largest absolute Gasteiger partial charge is 0.480 e. The van der Waals surface area contributed by atoms with Gasteiger partial charge in [-0.3, -0.25) is 4.79 Å². The molecule has 1 aliphatic rings. The minimum absolute atomic E-state index is 0.136. The molecule has 12 heteroatoms. The van der Waals surface area contributed by atoms with Crippen LogP contribution in [0.3, 0.4) is 0 Å². The van der Waals surface area contributed by atoms with Crippen LogP contribution in [0.25, 0.3) is 11.3 Å². The summed E-state index contributed by atoms with van der Waals surface area (Å²) in [5.74, 6) is -1.01. The summed E-state index contributed by atoms with van der Waals surface area (Å²) in [7, 11) is 0. The van der Waals surface area contributed by atoms with Gasteiger partial charge in [-0.25, -0.2) is 9.67 Å². The SMILES string of the molecule is Cc1ccn(-c2cc(Cl)ccc2[C@@H](Oc2nc(C)nc3c2CC=C3c2ccc(C[C@H](N)C(=O)O)cc2)C(F)(F)F)n1. The number of fused-ring (bicyclic) bond motifs is 1. The topological polar surface area (TPSA) is 116 Å². The Morgan fingerprint density at radius 2 is 1.88 bits per heavy atom. The van der Waals surface area contributed by atoms with E-state index < -0.39 is 24.3 Å². The number of carboxylic acid groups (broad SMARTS) is 1. The Bertz CT molecular complexity index is 1650. The van der Waals surface area contributed by atoms with Crippen molar-refractivity contribution >= 4 is 23.1 Å². The molecule has 2 aromatic carbocycles. The van der Waals surface area contributed by atoms with E-state index >= 15 is 0 Å². The molecule has 0 spiro atoms. The Morgan fingerprint density at radius 3 is 2.51 bits per heavy atom. The summed E-state index contributed by atoms with van der Waals surface area (Å²) in [4.78, 5) is 19.8. The number of nitrogens with two attached hydrogens (primary N) is 1. The number of alkyl halides is 3. The third-order valence-corrected chi connectivity index (χ3v) is 6.89. The molecule has 2 heterocycles. The maximum absolute atomic E-state index is 14.6. The molecule has 0 fully saturated rings. The molecule has 1 aliphatic carbocycles. The highest BCUT2D eigenvalue weighted by atomic mass is 35.5. The van der Waals surface area contributed by atoms with E-state index in [1.165, 1.54) is 22.9 Å². The number of nitrogens with zero attached hydrogens (tertiary/aromatic N) is 4. The predicted molar refractivity (Wildman–Crippen MR) is 146 cm³/mol. The van der Waals surface area contributed by atoms with Crippen molar-refractivity contribution in [2.45, 2.75) is 45.0 Å². The van der Waals surface area contributed by atoms with Crippen molar-refractivity contribution in [3.8, 4) is 11.6 Å². The Labute approximate surface area is 238 Å². The van der Waals surface area contributed by atoms with Gasteiger partial charge in [0.05, 0.1) is 17.1 Å². The maximum atomic E-state index is 14.6. The Balaban J connectivity index is 1.50. The number of hydrogen-bond acceptors (Lipinski definition) is 6. The highest BCUT2D eigenvalue weighted by molar-refractivity contribution is 6.30. The van der Waals surface area contributed by atoms with Crippen molar-refractivity contribution in [2.75, 3.05) is 0 Å². The predicted octanol–water partition coefficient (Wildman–Crippen LogP) is 5.56. The third-order valence-electron chi connectivity index (χ3n) is 6.66. The molecular weight excluding hydrogens is 559 g/mol. The molecule has 0 amide bonds. The van der Waals surface area contributed by atoms with Crippen LogP contribution in [0, 0.1) is 13.8 Å². The van der Waals surface area contributed by atoms with Crippen LogP contribution in [0.2, 0.25) is 5.02 Å². The molecule has 0 saturated carbocycles. The molecule has 0 saturated heterocycles. The summed E-state index contributed by atoms with van der Waals surface area (Å²) >= 11 is 6.15. The first-order chi connectivity index (χ1) is 19.4. The summed E-state index contributed by atoms with van der Waals surface area (Å²) < 4.78 is 50.8. The Kier molecular flexibility index (Phi) is 7.58. The van der Waals surface area contributed by atoms with E-state index in [0.717, 1.165) is 11.1 Å². The van der Waals surface area contributed by atoms with Crippen LogP contribution < -0.4 is 10.5 Å². The number of ether oxygens (including phenoxy) is 1. The second kappa shape index (κ2) is 11.0. The van der Waals surface area contributed by atoms with Gasteiger partial charge in [0.2, 0.25) is 12.0 Å². The lowest BCUT2D eigenvalue weighted by molar-refractivity contribution is -0.198. The molecule has 2 aromatic heterocycles. The van der Waals surface area contributed by atoms with Crippen LogP contribution in [0.15, 0.2) is 60.8 Å². The molecule has 8 nitrogen and oxygen atoms in total. The number of aromatic nitrogens is 4. The molecule has 2 atom stereocenters. The lowest BCUT2D eigenvalue weighted by Crippen LogP contribution is -2.32. The second-order valence-corrected chi connectivity index (χ2v) is 10.2. The minimum Gasteiger partial charge on any atom is -0.480 e. The number of rotatable bonds is 8. The highest BCUT2D eigenvalue weighted by Crippen LogP contribution is 2.43. The molecule has 0 radical (unpaired) electrons. The van der Waals surface area contributed by atoms with Crippen molar-refractivity contribution in [3.63, 3.8) is 0 Å². The number of carbonyl (C=O) groups is 1. The molecule has 0 unspecified atom stereocenters. The summed E-state index contributed by atoms with van der Waals surface area (Å²) in [6.07, 6.45) is -3.32. The fourth-order valence-corrected chi connectivity index (χ4v) is 4.86. The molecular formula is C29H25ClF3N5O3. The first-order valence-corrected chi connectivity index (χ1v) is 13.0. The zero-order valence-corrected chi connectivity index (χ0v) is 22.7. The second-order valence-electron chi connectivity index (χ2n) is 9.72. The lowest BCUT2D eigenvalue weighted by Gasteiger charge is -2.25. The van der Waals surface area contributed by atoms with Gasteiger partial charge in [-0.05, 0) is 56.0 Å². The van der Waals surface area contributed by atoms with Gasteiger partial charge in [0, 0.05) is 27.9 Å². The molecule has 41 heavy (non-hydrogen) atoms. The summed E-state index contributed by atoms with van der Waals surface area (Å²) in [5, 5.41) is 13.6. The smallest absolute Gasteiger partial charge is 0.429 e. The highest BCUT2D eigenvalue weighted by Gasteiger charge is 2.45. The van der Waals surface area contributed by atoms with E-state index in [1.807, 2.05) is 6.08 Å². The van der Waals surface area contributed by atoms with Crippen LogP contribution in [0.4, 0.5) is 13.2 Å². The average Bonchev–Trinajstić information content (AvgIpc) is 3.53. The van der Waals surface area contributed by atoms with E-state index in [4.69, 9.17) is 27.2 Å². The number of allylic oxidation sites excluding steroid dienone is 1. The van der Waals surface area contributed by atoms with Gasteiger partial charge < -0.3 is 15.6 Å². The summed E-state index contributed by atoms with van der Waals surface area (Å²) in [6.45, 7) is 3.32. The number of aliphatic carboxylic acids is 1. The van der Waals surface area contributed by atoms with Crippen LogP contribution in [0.1, 0.15) is 45.6 Å². The monoisotopic (exact) mass is 583 g/mol. The fraction of sp³-hybridized carbons (Fsp3) is 0.241. The van der Waals surface area contributed by atoms with Crippen LogP contribution in [-0.2, 0) is 17.6 Å². The molecule has 3 N–H and O–H groups in total. The van der Waals surface area contributed by atoms with Crippen LogP contribution in [-0.4, -0.2) is 43.0 Å². The molecule has 0 bridgehead atoms. The molecule has 5 rings (SSSR count). The van der Waals surface area contributed by atoms with Crippen LogP contribution >= 0.6 is 11.6 Å². The van der Waals surface area contributed by atoms with E-state index in [-0.39, 0.29) is 40.8 Å². The first-order valence-electron chi connectivity index (χ1n) is 12.6. The fourth-order valence-electron chi connectivity index (χ4n) is 4.70. The summed E-state index contributed by atoms with van der Waals surface area (Å²) in [5.41, 5.74) is 9.35. The Hall–Kier alpha value is -4.22. The van der Waals surface area contributed by atoms with Gasteiger partial charge in [-0.2, -0.15) is 23.3 Å². The van der Waals surface area contributed by atoms with E-state index in [2.05, 4.69) is 15.1 Å². The normalized spacial score (nSPS) is 14.4. The van der Waals surface area contributed by atoms with E-state index in [1.54, 1.807) is 50.4 Å². The Morgan fingerprint density at radius 1 is 1.15 bits per heavy atom. The number of benzene rings is 2. The number of hydrogen-bond donors (Lipinski definition) is 2. The quantitative estimate of drug-likeness (QED) is 0.279. The zero-order valence-electron chi connectivity index (χ0n) is 22.0. The minimum atomic E-state index is -4.79. The van der Waals surface area contributed by atoms with Crippen molar-refractivity contribution in [1.29, 1.82) is 0 Å². The molecule has 0 aliphatic heterocycles. The standard InChI is InChI=1S/C29H25ClF3N5O3/c1-15-11-12-38(37-15)24-14-19(30)7-8-21(24)26(29(31,32)33)41-27-22-10-9-20(25(22)35-16(2)36-27)18-5-3-17(4-6-18)13-23(34)28(39)40/h3-9,11-12,14,23,26H,10,13,34H2,1-2H3,(H,39,40)/t23-,26+/m0/s1. The van der Waals surface area contributed by atoms with Gasteiger partial charge in [0.1, 0.15) is 11.9 Å². The van der Waals surface area contributed by atoms with Gasteiger partial charge in [0.15, 0.2) is 0 Å². The maximum Gasteiger partial charge on any atom is 0.429 e. The lowest BCUT2D eigenvalue weighted by atomic mass is 10.00. The number of aryl methyl sites for hydroxylation is 2. The van der Waals surface area contributed by atoms with Gasteiger partial charge in [-0.1, -0.05) is 48.0 Å². The number of carboxylic acids is 1. The van der Waals surface area contributed by atoms with Gasteiger partial charge in [0.25, 0.3) is 0 Å². The third kappa shape index (κ3) is 5.96. The van der Waals surface area contributed by atoms with E-state index in [9.17, 15) is 18.0 Å². The van der Waals surface area contributed by atoms with Crippen LogP contribution in [0.5, 0.6) is 5.88 Å². The molecule has 4 aromatic rings. The number of halogens is 4. The van der Waals surface area contributed by atoms with Crippen molar-refractivity contribution in [2.24, 2.45) is 5.73 Å². The summed E-state index contributed by atoms with van der Waals surface area (Å²) in [6, 6.07) is 11.8. The van der Waals surface area contributed by atoms with Gasteiger partial charge >= 0.3 is 12.1 Å². The van der Waals surface area contributed by atoms with Crippen molar-refractivity contribution in [1.82, 2.24) is 19.7 Å². The molecule has 212 valence electrons. The van der Waals surface area contributed by atoms with Crippen molar-refractivity contribution < 1.29 is 27.8 Å². The van der Waals surface area contributed by atoms with Crippen molar-refractivity contribution in [3.05, 3.63) is 105 Å². The average molecular weight is 584 g/mol. The zero-order chi connectivity index (χ0) is 29.5. The van der Waals surface area contributed by atoms with Gasteiger partial charge in [-0.15, -0.1) is 0 Å². The van der Waals surface area contributed by atoms with E-state index in [0.29, 0.717) is 22.5 Å².